The average molecular weight is 383 g/mol. The number of aromatic nitrogens is 2. The molecule has 27 heavy (non-hydrogen) atoms. The number of rotatable bonds is 3. The van der Waals surface area contributed by atoms with Gasteiger partial charge >= 0.3 is 0 Å². The van der Waals surface area contributed by atoms with Gasteiger partial charge in [-0.15, -0.1) is 0 Å². The largest absolute Gasteiger partial charge is 0.493 e. The molecule has 0 spiro atoms. The second kappa shape index (κ2) is 6.07. The third-order valence-corrected chi connectivity index (χ3v) is 7.42. The smallest absolute Gasteiger partial charge is 0.243 e. The maximum atomic E-state index is 13.2. The summed E-state index contributed by atoms with van der Waals surface area (Å²) in [6.45, 7) is 3.60. The Bertz CT molecular complexity index is 1140. The number of benzene rings is 2. The molecule has 140 valence electrons. The zero-order valence-corrected chi connectivity index (χ0v) is 15.9. The Kier molecular flexibility index (Phi) is 3.77. The van der Waals surface area contributed by atoms with E-state index in [2.05, 4.69) is 9.55 Å². The normalized spacial score (nSPS) is 20.1. The van der Waals surface area contributed by atoms with Gasteiger partial charge in [0.15, 0.2) is 0 Å². The summed E-state index contributed by atoms with van der Waals surface area (Å²) in [4.78, 5) is 4.98. The van der Waals surface area contributed by atoms with Crippen LogP contribution in [0.3, 0.4) is 0 Å². The fourth-order valence-electron chi connectivity index (χ4n) is 4.24. The number of sulfonamides is 1. The maximum absolute atomic E-state index is 13.2. The van der Waals surface area contributed by atoms with Crippen molar-refractivity contribution < 1.29 is 13.2 Å². The monoisotopic (exact) mass is 383 g/mol. The fraction of sp³-hybridized carbons (Fsp3) is 0.350. The maximum Gasteiger partial charge on any atom is 0.243 e. The van der Waals surface area contributed by atoms with E-state index in [1.165, 1.54) is 0 Å². The van der Waals surface area contributed by atoms with Crippen LogP contribution in [0.2, 0.25) is 0 Å². The summed E-state index contributed by atoms with van der Waals surface area (Å²) < 4.78 is 35.6. The predicted molar refractivity (Wildman–Crippen MR) is 103 cm³/mol. The van der Waals surface area contributed by atoms with Crippen molar-refractivity contribution in [3.63, 3.8) is 0 Å². The highest BCUT2D eigenvalue weighted by atomic mass is 32.2. The van der Waals surface area contributed by atoms with Crippen molar-refractivity contribution in [2.24, 2.45) is 0 Å². The summed E-state index contributed by atoms with van der Waals surface area (Å²) in [7, 11) is -3.51. The third-order valence-electron chi connectivity index (χ3n) is 5.56. The Hall–Kier alpha value is -2.38. The van der Waals surface area contributed by atoms with Gasteiger partial charge in [0.25, 0.3) is 0 Å². The van der Waals surface area contributed by atoms with Crippen molar-refractivity contribution in [2.45, 2.75) is 30.7 Å². The topological polar surface area (TPSA) is 64.4 Å². The highest BCUT2D eigenvalue weighted by Crippen LogP contribution is 2.33. The van der Waals surface area contributed by atoms with Gasteiger partial charge in [0, 0.05) is 19.5 Å². The van der Waals surface area contributed by atoms with Crippen molar-refractivity contribution in [1.82, 2.24) is 13.9 Å². The lowest BCUT2D eigenvalue weighted by atomic mass is 10.2. The Morgan fingerprint density at radius 2 is 2.04 bits per heavy atom. The van der Waals surface area contributed by atoms with Crippen LogP contribution in [0.4, 0.5) is 0 Å². The van der Waals surface area contributed by atoms with Gasteiger partial charge in [0.05, 0.1) is 28.6 Å². The molecule has 2 aromatic carbocycles. The minimum atomic E-state index is -3.51. The number of aryl methyl sites for hydroxylation is 1. The summed E-state index contributed by atoms with van der Waals surface area (Å²) in [5, 5.41) is 0. The molecule has 0 aliphatic carbocycles. The number of hydrogen-bond acceptors (Lipinski definition) is 4. The van der Waals surface area contributed by atoms with Crippen LogP contribution in [0.15, 0.2) is 47.4 Å². The second-order valence-electron chi connectivity index (χ2n) is 7.19. The van der Waals surface area contributed by atoms with E-state index in [4.69, 9.17) is 4.74 Å². The molecule has 0 saturated carbocycles. The molecule has 1 fully saturated rings. The van der Waals surface area contributed by atoms with Crippen LogP contribution in [0.1, 0.15) is 23.9 Å². The molecule has 0 amide bonds. The predicted octanol–water partition coefficient (Wildman–Crippen LogP) is 2.92. The number of ether oxygens (including phenoxy) is 1. The highest BCUT2D eigenvalue weighted by Gasteiger charge is 2.35. The van der Waals surface area contributed by atoms with E-state index >= 15 is 0 Å². The second-order valence-corrected chi connectivity index (χ2v) is 9.13. The van der Waals surface area contributed by atoms with Gasteiger partial charge in [-0.25, -0.2) is 13.4 Å². The number of fused-ring (bicyclic) bond motifs is 2. The van der Waals surface area contributed by atoms with Crippen LogP contribution in [0, 0.1) is 6.92 Å². The Balaban J connectivity index is 1.45. The SMILES string of the molecule is Cc1nc2ccccc2n1[C@@H]1CCN(S(=O)(=O)c2ccc3c(c2)CCO3)C1. The van der Waals surface area contributed by atoms with Crippen molar-refractivity contribution >= 4 is 21.1 Å². The molecular formula is C20H21N3O3S. The Morgan fingerprint density at radius 3 is 2.93 bits per heavy atom. The van der Waals surface area contributed by atoms with E-state index in [1.54, 1.807) is 22.5 Å². The number of nitrogens with zero attached hydrogens (tertiary/aromatic N) is 3. The van der Waals surface area contributed by atoms with Crippen molar-refractivity contribution in [3.8, 4) is 5.75 Å². The van der Waals surface area contributed by atoms with Crippen molar-refractivity contribution in [3.05, 3.63) is 53.9 Å². The first-order valence-corrected chi connectivity index (χ1v) is 10.7. The zero-order chi connectivity index (χ0) is 18.6. The van der Waals surface area contributed by atoms with E-state index < -0.39 is 10.0 Å². The molecular weight excluding hydrogens is 362 g/mol. The van der Waals surface area contributed by atoms with Gasteiger partial charge in [0.1, 0.15) is 11.6 Å². The van der Waals surface area contributed by atoms with Gasteiger partial charge in [-0.3, -0.25) is 0 Å². The summed E-state index contributed by atoms with van der Waals surface area (Å²) in [5.74, 6) is 1.73. The Labute approximate surface area is 158 Å². The fourth-order valence-corrected chi connectivity index (χ4v) is 5.78. The van der Waals surface area contributed by atoms with E-state index in [-0.39, 0.29) is 6.04 Å². The van der Waals surface area contributed by atoms with E-state index in [9.17, 15) is 8.42 Å². The standard InChI is InChI=1S/C20H21N3O3S/c1-14-21-18-4-2-3-5-19(18)23(14)16-8-10-22(13-16)27(24,25)17-6-7-20-15(12-17)9-11-26-20/h2-7,12,16H,8-11,13H2,1H3/t16-/m1/s1. The Morgan fingerprint density at radius 1 is 1.19 bits per heavy atom. The molecule has 3 heterocycles. The molecule has 1 saturated heterocycles. The first kappa shape index (κ1) is 16.8. The lowest BCUT2D eigenvalue weighted by Crippen LogP contribution is -2.29. The molecule has 6 nitrogen and oxygen atoms in total. The van der Waals surface area contributed by atoms with Crippen LogP contribution in [0.5, 0.6) is 5.75 Å². The van der Waals surface area contributed by atoms with Gasteiger partial charge in [-0.1, -0.05) is 12.1 Å². The van der Waals surface area contributed by atoms with Crippen LogP contribution in [-0.2, 0) is 16.4 Å². The molecule has 0 N–H and O–H groups in total. The van der Waals surface area contributed by atoms with Gasteiger partial charge in [-0.2, -0.15) is 4.31 Å². The van der Waals surface area contributed by atoms with Crippen molar-refractivity contribution in [1.29, 1.82) is 0 Å². The molecule has 0 unspecified atom stereocenters. The summed E-state index contributed by atoms with van der Waals surface area (Å²) >= 11 is 0. The minimum Gasteiger partial charge on any atom is -0.493 e. The number of imidazole rings is 1. The van der Waals surface area contributed by atoms with E-state index in [0.717, 1.165) is 41.0 Å². The summed E-state index contributed by atoms with van der Waals surface area (Å²) in [6.07, 6.45) is 1.55. The molecule has 5 rings (SSSR count). The quantitative estimate of drug-likeness (QED) is 0.698. The first-order valence-electron chi connectivity index (χ1n) is 9.23. The molecule has 7 heteroatoms. The molecule has 1 aromatic heterocycles. The van der Waals surface area contributed by atoms with Crippen molar-refractivity contribution in [2.75, 3.05) is 19.7 Å². The van der Waals surface area contributed by atoms with Crippen LogP contribution in [-0.4, -0.2) is 42.0 Å². The van der Waals surface area contributed by atoms with Gasteiger partial charge in [-0.05, 0) is 49.2 Å². The summed E-state index contributed by atoms with van der Waals surface area (Å²) in [6, 6.07) is 13.3. The lowest BCUT2D eigenvalue weighted by Gasteiger charge is -2.19. The van der Waals surface area contributed by atoms with Gasteiger partial charge in [0.2, 0.25) is 10.0 Å². The molecule has 0 bridgehead atoms. The van der Waals surface area contributed by atoms with Crippen LogP contribution >= 0.6 is 0 Å². The van der Waals surface area contributed by atoms with E-state index in [1.807, 2.05) is 31.2 Å². The lowest BCUT2D eigenvalue weighted by molar-refractivity contribution is 0.356. The molecule has 1 atom stereocenters. The number of para-hydroxylation sites is 2. The highest BCUT2D eigenvalue weighted by molar-refractivity contribution is 7.89. The zero-order valence-electron chi connectivity index (χ0n) is 15.1. The average Bonchev–Trinajstić information content (AvgIpc) is 3.38. The molecule has 3 aromatic rings. The molecule has 2 aliphatic heterocycles. The molecule has 2 aliphatic rings. The first-order chi connectivity index (χ1) is 13.0. The number of hydrogen-bond donors (Lipinski definition) is 0. The molecule has 0 radical (unpaired) electrons. The minimum absolute atomic E-state index is 0.102. The van der Waals surface area contributed by atoms with E-state index in [0.29, 0.717) is 24.6 Å². The summed E-state index contributed by atoms with van der Waals surface area (Å²) in [5.41, 5.74) is 2.99. The van der Waals surface area contributed by atoms with Gasteiger partial charge < -0.3 is 9.30 Å². The van der Waals surface area contributed by atoms with Crippen LogP contribution < -0.4 is 4.74 Å². The van der Waals surface area contributed by atoms with Crippen LogP contribution in [0.25, 0.3) is 11.0 Å². The third kappa shape index (κ3) is 2.64.